The normalized spacial score (nSPS) is 22.8. The Balaban J connectivity index is 1.85. The Labute approximate surface area is 116 Å². The zero-order valence-corrected chi connectivity index (χ0v) is 12.2. The van der Waals surface area contributed by atoms with Crippen molar-refractivity contribution in [1.29, 1.82) is 0 Å². The number of aromatic nitrogens is 3. The lowest BCUT2D eigenvalue weighted by molar-refractivity contribution is 0.573. The third-order valence-electron chi connectivity index (χ3n) is 3.21. The molecule has 0 saturated heterocycles. The van der Waals surface area contributed by atoms with Crippen LogP contribution in [0.5, 0.6) is 0 Å². The molecule has 0 aromatic carbocycles. The van der Waals surface area contributed by atoms with E-state index < -0.39 is 0 Å². The minimum Gasteiger partial charge on any atom is -0.327 e. The monoisotopic (exact) mass is 284 g/mol. The van der Waals surface area contributed by atoms with Gasteiger partial charge in [-0.05, 0) is 24.8 Å². The minimum atomic E-state index is 0.111. The highest BCUT2D eigenvalue weighted by atomic mass is 35.5. The van der Waals surface area contributed by atoms with Crippen LogP contribution in [0.3, 0.4) is 0 Å². The molecule has 1 unspecified atom stereocenters. The van der Waals surface area contributed by atoms with Gasteiger partial charge < -0.3 is 5.32 Å². The lowest BCUT2D eigenvalue weighted by Crippen LogP contribution is -2.27. The van der Waals surface area contributed by atoms with Crippen molar-refractivity contribution >= 4 is 29.3 Å². The van der Waals surface area contributed by atoms with Crippen LogP contribution in [0.2, 0.25) is 0 Å². The number of hydrogen-bond donors (Lipinski definition) is 1. The highest BCUT2D eigenvalue weighted by molar-refractivity contribution is 7.99. The summed E-state index contributed by atoms with van der Waals surface area (Å²) in [4.78, 5) is 4.53. The molecule has 6 heteroatoms. The van der Waals surface area contributed by atoms with E-state index in [9.17, 15) is 0 Å². The fourth-order valence-corrected chi connectivity index (χ4v) is 3.48. The molecule has 2 heterocycles. The van der Waals surface area contributed by atoms with Crippen LogP contribution in [-0.4, -0.2) is 25.4 Å². The summed E-state index contributed by atoms with van der Waals surface area (Å²) in [6.45, 7) is 5.14. The first-order chi connectivity index (χ1) is 8.63. The predicted octanol–water partition coefficient (Wildman–Crippen LogP) is 3.25. The van der Waals surface area contributed by atoms with E-state index in [4.69, 9.17) is 11.6 Å². The lowest BCUT2D eigenvalue weighted by atomic mass is 9.95. The molecule has 0 bridgehead atoms. The Kier molecular flexibility index (Phi) is 3.28. The van der Waals surface area contributed by atoms with E-state index >= 15 is 0 Å². The molecule has 0 fully saturated rings. The number of halogens is 1. The van der Waals surface area contributed by atoms with Crippen molar-refractivity contribution in [2.45, 2.75) is 55.4 Å². The number of alkyl halides is 1. The fourth-order valence-electron chi connectivity index (χ4n) is 2.41. The summed E-state index contributed by atoms with van der Waals surface area (Å²) in [7, 11) is 0. The highest BCUT2D eigenvalue weighted by Crippen LogP contribution is 2.34. The molecule has 0 radical (unpaired) electrons. The Morgan fingerprint density at radius 2 is 2.33 bits per heavy atom. The summed E-state index contributed by atoms with van der Waals surface area (Å²) in [5.41, 5.74) is 2.56. The molecule has 0 amide bonds. The maximum absolute atomic E-state index is 6.36. The first kappa shape index (κ1) is 12.4. The van der Waals surface area contributed by atoms with Crippen molar-refractivity contribution < 1.29 is 0 Å². The van der Waals surface area contributed by atoms with Crippen LogP contribution in [0.1, 0.15) is 33.1 Å². The molecule has 3 rings (SSSR count). The zero-order chi connectivity index (χ0) is 12.7. The van der Waals surface area contributed by atoms with Crippen LogP contribution in [0, 0.1) is 0 Å². The van der Waals surface area contributed by atoms with Crippen molar-refractivity contribution in [3.63, 3.8) is 0 Å². The number of hydrogen-bond acceptors (Lipinski definition) is 4. The second-order valence-electron chi connectivity index (χ2n) is 5.04. The van der Waals surface area contributed by atoms with E-state index in [0.717, 1.165) is 30.5 Å². The topological polar surface area (TPSA) is 42.7 Å². The van der Waals surface area contributed by atoms with Crippen LogP contribution in [0.4, 0.5) is 5.95 Å². The molecular weight excluding hydrogens is 268 g/mol. The van der Waals surface area contributed by atoms with Gasteiger partial charge >= 0.3 is 0 Å². The van der Waals surface area contributed by atoms with Gasteiger partial charge in [0.2, 0.25) is 11.1 Å². The van der Waals surface area contributed by atoms with Crippen LogP contribution < -0.4 is 5.32 Å². The van der Waals surface area contributed by atoms with E-state index in [1.165, 1.54) is 17.7 Å². The molecule has 98 valence electrons. The Morgan fingerprint density at radius 3 is 3.11 bits per heavy atom. The average molecular weight is 285 g/mol. The molecule has 4 nitrogen and oxygen atoms in total. The van der Waals surface area contributed by atoms with Gasteiger partial charge in [-0.25, -0.2) is 4.68 Å². The van der Waals surface area contributed by atoms with Gasteiger partial charge in [0, 0.05) is 10.9 Å². The van der Waals surface area contributed by atoms with Crippen LogP contribution in [-0.2, 0) is 6.54 Å². The second-order valence-corrected chi connectivity index (χ2v) is 7.11. The summed E-state index contributed by atoms with van der Waals surface area (Å²) < 4.78 is 1.96. The second kappa shape index (κ2) is 4.78. The predicted molar refractivity (Wildman–Crippen MR) is 75.2 cm³/mol. The molecule has 1 aliphatic carbocycles. The van der Waals surface area contributed by atoms with Gasteiger partial charge in [0.15, 0.2) is 0 Å². The molecule has 1 aromatic rings. The van der Waals surface area contributed by atoms with Gasteiger partial charge in [0.05, 0.1) is 11.9 Å². The molecule has 0 saturated carbocycles. The summed E-state index contributed by atoms with van der Waals surface area (Å²) in [5, 5.41) is 9.36. The molecular formula is C12H17ClN4S. The highest BCUT2D eigenvalue weighted by Gasteiger charge is 2.28. The summed E-state index contributed by atoms with van der Waals surface area (Å²) in [5.74, 6) is 0.837. The number of thioether (sulfide) groups is 1. The quantitative estimate of drug-likeness (QED) is 0.669. The summed E-state index contributed by atoms with van der Waals surface area (Å²) in [6, 6.07) is 0. The molecule has 2 aliphatic rings. The Bertz CT molecular complexity index is 494. The number of nitrogens with one attached hydrogen (secondary N) is 1. The molecule has 1 atom stereocenters. The standard InChI is InChI=1S/C12H17ClN4S/c1-7(2)18-12-15-11-14-10-8(6-17(11)16-12)4-3-5-9(10)13/h7,9H,3-6H2,1-2H3,(H,14,15,16). The van der Waals surface area contributed by atoms with E-state index in [1.54, 1.807) is 11.8 Å². The van der Waals surface area contributed by atoms with E-state index in [1.807, 2.05) is 4.68 Å². The van der Waals surface area contributed by atoms with E-state index in [0.29, 0.717) is 5.25 Å². The first-order valence-electron chi connectivity index (χ1n) is 6.38. The van der Waals surface area contributed by atoms with Gasteiger partial charge in [-0.1, -0.05) is 25.6 Å². The smallest absolute Gasteiger partial charge is 0.226 e. The molecule has 18 heavy (non-hydrogen) atoms. The van der Waals surface area contributed by atoms with Crippen molar-refractivity contribution in [3.8, 4) is 0 Å². The lowest BCUT2D eigenvalue weighted by Gasteiger charge is -2.29. The average Bonchev–Trinajstić information content (AvgIpc) is 2.67. The molecule has 1 aliphatic heterocycles. The van der Waals surface area contributed by atoms with Gasteiger partial charge in [0.1, 0.15) is 0 Å². The number of allylic oxidation sites excluding steroid dienone is 2. The molecule has 1 N–H and O–H groups in total. The van der Waals surface area contributed by atoms with Gasteiger partial charge in [-0.15, -0.1) is 16.7 Å². The zero-order valence-electron chi connectivity index (χ0n) is 10.6. The third-order valence-corrected chi connectivity index (χ3v) is 4.50. The minimum absolute atomic E-state index is 0.111. The summed E-state index contributed by atoms with van der Waals surface area (Å²) >= 11 is 8.06. The van der Waals surface area contributed by atoms with Gasteiger partial charge in [-0.3, -0.25) is 0 Å². The van der Waals surface area contributed by atoms with Gasteiger partial charge in [0.25, 0.3) is 0 Å². The Hall–Kier alpha value is -0.680. The van der Waals surface area contributed by atoms with E-state index in [-0.39, 0.29) is 5.38 Å². The van der Waals surface area contributed by atoms with Crippen LogP contribution >= 0.6 is 23.4 Å². The van der Waals surface area contributed by atoms with Crippen molar-refractivity contribution in [1.82, 2.24) is 14.8 Å². The van der Waals surface area contributed by atoms with E-state index in [2.05, 4.69) is 29.2 Å². The van der Waals surface area contributed by atoms with Crippen molar-refractivity contribution in [3.05, 3.63) is 11.3 Å². The SMILES string of the molecule is CC(C)Sc1nc2n(n1)CC1=C(N2)C(Cl)CCC1. The number of nitrogens with zero attached hydrogens (tertiary/aromatic N) is 3. The van der Waals surface area contributed by atoms with Crippen molar-refractivity contribution in [2.24, 2.45) is 0 Å². The Morgan fingerprint density at radius 1 is 1.50 bits per heavy atom. The molecule has 1 aromatic heterocycles. The maximum atomic E-state index is 6.36. The van der Waals surface area contributed by atoms with Crippen molar-refractivity contribution in [2.75, 3.05) is 5.32 Å². The first-order valence-corrected chi connectivity index (χ1v) is 7.69. The number of rotatable bonds is 2. The molecule has 0 spiro atoms. The van der Waals surface area contributed by atoms with Crippen LogP contribution in [0.25, 0.3) is 0 Å². The fraction of sp³-hybridized carbons (Fsp3) is 0.667. The third kappa shape index (κ3) is 2.26. The summed E-state index contributed by atoms with van der Waals surface area (Å²) in [6.07, 6.45) is 3.35. The number of fused-ring (bicyclic) bond motifs is 1. The largest absolute Gasteiger partial charge is 0.327 e. The van der Waals surface area contributed by atoms with Crippen LogP contribution in [0.15, 0.2) is 16.4 Å². The van der Waals surface area contributed by atoms with Gasteiger partial charge in [-0.2, -0.15) is 4.98 Å². The number of anilines is 1. The maximum Gasteiger partial charge on any atom is 0.226 e.